The molecule has 354 valence electrons. The van der Waals surface area contributed by atoms with Crippen LogP contribution in [0.1, 0.15) is 122 Å². The molecule has 0 saturated carbocycles. The molecule has 0 atom stereocenters. The van der Waals surface area contributed by atoms with E-state index in [1.165, 1.54) is 0 Å². The number of nitrogens with zero attached hydrogens (tertiary/aromatic N) is 6. The fraction of sp³-hybridized carbons (Fsp3) is 0.529. The van der Waals surface area contributed by atoms with Gasteiger partial charge in [-0.05, 0) is 119 Å². The van der Waals surface area contributed by atoms with Crippen LogP contribution in [0.5, 0.6) is 35.3 Å². The molecule has 0 aliphatic carbocycles. The molecule has 0 radical (unpaired) electrons. The summed E-state index contributed by atoms with van der Waals surface area (Å²) in [6, 6.07) is 27.1. The minimum absolute atomic E-state index is 0.0108. The zero-order valence-electron chi connectivity index (χ0n) is 40.5. The van der Waals surface area contributed by atoms with Crippen LogP contribution in [-0.2, 0) is 0 Å². The number of ether oxygens (including phenoxy) is 6. The van der Waals surface area contributed by atoms with E-state index in [0.29, 0.717) is 55.8 Å². The molecule has 4 heterocycles. The Kier molecular flexibility index (Phi) is 13.0. The number of hydrogen-bond acceptors (Lipinski definition) is 12. The molecule has 0 spiro atoms. The average Bonchev–Trinajstić information content (AvgIpc) is 3.16. The Morgan fingerprint density at radius 3 is 0.773 bits per heavy atom. The maximum absolute atomic E-state index is 13.7. The molecule has 66 heavy (non-hydrogen) atoms. The second-order valence-electron chi connectivity index (χ2n) is 21.6. The van der Waals surface area contributed by atoms with Crippen LogP contribution in [0, 0.1) is 0 Å². The topological polar surface area (TPSA) is 155 Å². The van der Waals surface area contributed by atoms with Gasteiger partial charge in [-0.1, -0.05) is 54.6 Å². The highest BCUT2D eigenvalue weighted by atomic mass is 16.6. The molecule has 4 aromatic rings. The highest BCUT2D eigenvalue weighted by Gasteiger charge is 2.53. The Morgan fingerprint density at radius 1 is 0.379 bits per heavy atom. The van der Waals surface area contributed by atoms with Crippen LogP contribution in [0.15, 0.2) is 91.0 Å². The van der Waals surface area contributed by atoms with E-state index in [2.05, 4.69) is 0 Å². The quantitative estimate of drug-likeness (QED) is 0.157. The summed E-state index contributed by atoms with van der Waals surface area (Å²) in [5.74, 6) is 1.39. The molecule has 3 aliphatic rings. The predicted molar refractivity (Wildman–Crippen MR) is 248 cm³/mol. The van der Waals surface area contributed by atoms with Crippen molar-refractivity contribution < 1.29 is 42.8 Å². The fourth-order valence-electron chi connectivity index (χ4n) is 11.1. The lowest BCUT2D eigenvalue weighted by atomic mass is 9.78. The summed E-state index contributed by atoms with van der Waals surface area (Å²) in [7, 11) is 0. The molecular weight excluding hydrogens is 841 g/mol. The summed E-state index contributed by atoms with van der Waals surface area (Å²) in [6.07, 6.45) is 0.0421. The van der Waals surface area contributed by atoms with Gasteiger partial charge >= 0.3 is 36.3 Å². The third-order valence-electron chi connectivity index (χ3n) is 12.8. The Balaban J connectivity index is 1.14. The third-order valence-corrected chi connectivity index (χ3v) is 12.8. The fourth-order valence-corrected chi connectivity index (χ4v) is 11.1. The summed E-state index contributed by atoms with van der Waals surface area (Å²) in [6.45, 7) is 23.9. The van der Waals surface area contributed by atoms with Gasteiger partial charge in [0.2, 0.25) is 0 Å². The molecule has 0 bridgehead atoms. The predicted octanol–water partition coefficient (Wildman–Crippen LogP) is 10.7. The van der Waals surface area contributed by atoms with Crippen molar-refractivity contribution in [3.63, 3.8) is 0 Å². The molecule has 0 N–H and O–H groups in total. The number of hydrogen-bond donors (Lipinski definition) is 0. The number of aromatic nitrogens is 3. The molecule has 0 unspecified atom stereocenters. The van der Waals surface area contributed by atoms with Gasteiger partial charge < -0.3 is 28.4 Å². The van der Waals surface area contributed by atoms with Crippen molar-refractivity contribution in [2.75, 3.05) is 0 Å². The second-order valence-corrected chi connectivity index (χ2v) is 21.6. The summed E-state index contributed by atoms with van der Waals surface area (Å²) in [5, 5.41) is 0. The van der Waals surface area contributed by atoms with Crippen molar-refractivity contribution in [3.8, 4) is 35.3 Å². The van der Waals surface area contributed by atoms with Crippen molar-refractivity contribution in [2.24, 2.45) is 0 Å². The molecule has 3 fully saturated rings. The minimum atomic E-state index is -0.691. The average molecular weight is 907 g/mol. The Hall–Kier alpha value is -6.12. The minimum Gasteiger partial charge on any atom is -0.460 e. The first kappa shape index (κ1) is 47.8. The van der Waals surface area contributed by atoms with Crippen LogP contribution in [0.2, 0.25) is 0 Å². The van der Waals surface area contributed by atoms with Crippen molar-refractivity contribution in [2.45, 2.75) is 173 Å². The van der Waals surface area contributed by atoms with Crippen molar-refractivity contribution in [1.82, 2.24) is 29.7 Å². The van der Waals surface area contributed by atoms with Crippen LogP contribution < -0.4 is 28.4 Å². The van der Waals surface area contributed by atoms with E-state index in [9.17, 15) is 14.4 Å². The first-order valence-electron chi connectivity index (χ1n) is 22.8. The highest BCUT2D eigenvalue weighted by Crippen LogP contribution is 2.44. The normalized spacial score (nSPS) is 21.0. The molecule has 3 saturated heterocycles. The lowest BCUT2D eigenvalue weighted by Crippen LogP contribution is -2.65. The summed E-state index contributed by atoms with van der Waals surface area (Å²) in [4.78, 5) is 60.7. The van der Waals surface area contributed by atoms with Crippen LogP contribution in [0.3, 0.4) is 0 Å². The van der Waals surface area contributed by atoms with E-state index >= 15 is 0 Å². The number of rotatable bonds is 9. The molecule has 15 nitrogen and oxygen atoms in total. The van der Waals surface area contributed by atoms with Crippen LogP contribution in [-0.4, -0.2) is 99.5 Å². The zero-order valence-corrected chi connectivity index (χ0v) is 40.5. The SMILES string of the molecule is CC1(C)CC(Oc2nc(OC3CC(C)(C)N(C(=O)Oc4ccccc4)C(C)(C)C3)nc(OC3CC(C)(C)N(C(=O)Oc4ccccc4)C(C)(C)C3)n2)CC(C)(C)N1C(=O)Oc1ccccc1. The maximum atomic E-state index is 13.7. The smallest absolute Gasteiger partial charge is 0.416 e. The lowest BCUT2D eigenvalue weighted by Gasteiger charge is -2.53. The first-order chi connectivity index (χ1) is 30.8. The van der Waals surface area contributed by atoms with Gasteiger partial charge in [0.1, 0.15) is 35.6 Å². The second kappa shape index (κ2) is 17.9. The molecule has 3 aromatic carbocycles. The van der Waals surface area contributed by atoms with Gasteiger partial charge in [-0.3, -0.25) is 14.7 Å². The molecule has 3 amide bonds. The lowest BCUT2D eigenvalue weighted by molar-refractivity contribution is -0.0594. The van der Waals surface area contributed by atoms with Gasteiger partial charge in [-0.2, -0.15) is 0 Å². The first-order valence-corrected chi connectivity index (χ1v) is 22.8. The molecule has 15 heteroatoms. The number of para-hydroxylation sites is 3. The van der Waals surface area contributed by atoms with Gasteiger partial charge in [0.05, 0.1) is 0 Å². The van der Waals surface area contributed by atoms with Gasteiger partial charge in [0.15, 0.2) is 0 Å². The Bertz CT molecular complexity index is 2030. The summed E-state index contributed by atoms with van der Waals surface area (Å²) >= 11 is 0. The van der Waals surface area contributed by atoms with Gasteiger partial charge in [-0.15, -0.1) is 15.0 Å². The maximum Gasteiger partial charge on any atom is 0.416 e. The molecule has 1 aromatic heterocycles. The van der Waals surface area contributed by atoms with E-state index in [1.54, 1.807) is 51.1 Å². The zero-order chi connectivity index (χ0) is 47.9. The highest BCUT2D eigenvalue weighted by molar-refractivity contribution is 5.74. The number of carbonyl (C=O) groups excluding carboxylic acids is 3. The number of amides is 3. The number of carbonyl (C=O) groups is 3. The van der Waals surface area contributed by atoms with Crippen LogP contribution >= 0.6 is 0 Å². The monoisotopic (exact) mass is 906 g/mol. The Morgan fingerprint density at radius 2 is 0.576 bits per heavy atom. The van der Waals surface area contributed by atoms with E-state index < -0.39 is 69.8 Å². The van der Waals surface area contributed by atoms with E-state index in [-0.39, 0.29) is 18.0 Å². The van der Waals surface area contributed by atoms with Gasteiger partial charge in [0.25, 0.3) is 0 Å². The van der Waals surface area contributed by atoms with Gasteiger partial charge in [0, 0.05) is 71.8 Å². The van der Waals surface area contributed by atoms with Crippen molar-refractivity contribution in [3.05, 3.63) is 91.0 Å². The summed E-state index contributed by atoms with van der Waals surface area (Å²) < 4.78 is 37.5. The third kappa shape index (κ3) is 10.8. The van der Waals surface area contributed by atoms with E-state index in [4.69, 9.17) is 43.4 Å². The molecule has 7 rings (SSSR count). The standard InChI is InChI=1S/C51H66N6O9/c1-46(2)28-37(29-47(3,4)55(46)43(58)64-34-22-16-13-17-23-34)61-40-52-41(62-38-30-48(5,6)56(49(7,8)31-38)44(59)65-35-24-18-14-19-25-35)54-42(53-40)63-39-32-50(9,10)57(51(11,12)33-39)45(60)66-36-26-20-15-21-27-36/h13-27,37-39H,28-33H2,1-12H3. The number of benzene rings is 3. The van der Waals surface area contributed by atoms with E-state index in [1.807, 2.05) is 138 Å². The number of piperidine rings is 3. The molecular formula is C51H66N6O9. The number of likely N-dealkylation sites (tertiary alicyclic amines) is 3. The summed E-state index contributed by atoms with van der Waals surface area (Å²) in [5.41, 5.74) is -4.15. The largest absolute Gasteiger partial charge is 0.460 e. The Labute approximate surface area is 389 Å². The van der Waals surface area contributed by atoms with Gasteiger partial charge in [-0.25, -0.2) is 14.4 Å². The molecule has 3 aliphatic heterocycles. The van der Waals surface area contributed by atoms with Crippen LogP contribution in [0.4, 0.5) is 14.4 Å². The van der Waals surface area contributed by atoms with Crippen molar-refractivity contribution >= 4 is 18.3 Å². The van der Waals surface area contributed by atoms with Crippen molar-refractivity contribution in [1.29, 1.82) is 0 Å². The van der Waals surface area contributed by atoms with E-state index in [0.717, 1.165) is 0 Å². The van der Waals surface area contributed by atoms with Crippen LogP contribution in [0.25, 0.3) is 0 Å².